The second kappa shape index (κ2) is 3.10. The summed E-state index contributed by atoms with van der Waals surface area (Å²) in [6.45, 7) is 0. The molecule has 0 unspecified atom stereocenters. The molecule has 0 aliphatic carbocycles. The molecule has 11 heavy (non-hydrogen) atoms. The summed E-state index contributed by atoms with van der Waals surface area (Å²) < 4.78 is 0. The number of benzene rings is 1. The molecule has 0 spiro atoms. The summed E-state index contributed by atoms with van der Waals surface area (Å²) >= 11 is 5.74. The first-order valence-corrected chi connectivity index (χ1v) is 3.32. The predicted molar refractivity (Wildman–Crippen MR) is 44.1 cm³/mol. The molecule has 0 bridgehead atoms. The summed E-state index contributed by atoms with van der Waals surface area (Å²) in [6.07, 6.45) is 5.13. The van der Waals surface area contributed by atoms with Crippen molar-refractivity contribution in [2.24, 2.45) is 0 Å². The number of hydrogen-bond donors (Lipinski definition) is 0. The van der Waals surface area contributed by atoms with Crippen LogP contribution < -0.4 is 0 Å². The Morgan fingerprint density at radius 2 is 2.00 bits per heavy atom. The molecule has 0 atom stereocenters. The van der Waals surface area contributed by atoms with Crippen molar-refractivity contribution in [2.45, 2.75) is 0 Å². The van der Waals surface area contributed by atoms with Crippen LogP contribution in [0.4, 0.5) is 0 Å². The smallest absolute Gasteiger partial charge is 0.101 e. The third-order valence-corrected chi connectivity index (χ3v) is 1.68. The Kier molecular flexibility index (Phi) is 2.16. The highest BCUT2D eigenvalue weighted by atomic mass is 35.5. The van der Waals surface area contributed by atoms with Crippen LogP contribution in [0.3, 0.4) is 0 Å². The molecule has 52 valence electrons. The van der Waals surface area contributed by atoms with Crippen molar-refractivity contribution < 1.29 is 0 Å². The topological polar surface area (TPSA) is 23.8 Å². The molecule has 0 heterocycles. The normalized spacial score (nSPS) is 8.27. The van der Waals surface area contributed by atoms with Gasteiger partial charge in [0.15, 0.2) is 0 Å². The van der Waals surface area contributed by atoms with E-state index in [0.29, 0.717) is 16.1 Å². The van der Waals surface area contributed by atoms with E-state index in [-0.39, 0.29) is 0 Å². The van der Waals surface area contributed by atoms with Crippen LogP contribution in [-0.4, -0.2) is 0 Å². The van der Waals surface area contributed by atoms with Crippen LogP contribution in [0, 0.1) is 23.7 Å². The number of hydrogen-bond acceptors (Lipinski definition) is 1. The average Bonchev–Trinajstić information content (AvgIpc) is 2.05. The third kappa shape index (κ3) is 1.34. The highest BCUT2D eigenvalue weighted by Gasteiger charge is 2.01. The first-order valence-electron chi connectivity index (χ1n) is 2.95. The molecule has 0 amide bonds. The third-order valence-electron chi connectivity index (χ3n) is 1.27. The summed E-state index contributed by atoms with van der Waals surface area (Å²) in [5, 5.41) is 8.89. The molecule has 0 fully saturated rings. The largest absolute Gasteiger partial charge is 0.192 e. The fourth-order valence-corrected chi connectivity index (χ4v) is 0.953. The molecule has 1 nitrogen and oxygen atoms in total. The lowest BCUT2D eigenvalue weighted by Gasteiger charge is -1.95. The molecule has 0 aliphatic heterocycles. The van der Waals surface area contributed by atoms with Gasteiger partial charge in [-0.05, 0) is 12.1 Å². The monoisotopic (exact) mass is 161 g/mol. The Labute approximate surface area is 70.2 Å². The fourth-order valence-electron chi connectivity index (χ4n) is 0.730. The van der Waals surface area contributed by atoms with Crippen LogP contribution >= 0.6 is 11.6 Å². The second-order valence-corrected chi connectivity index (χ2v) is 2.30. The van der Waals surface area contributed by atoms with Crippen LogP contribution in [0.15, 0.2) is 18.2 Å². The highest BCUT2D eigenvalue weighted by molar-refractivity contribution is 6.32. The quantitative estimate of drug-likeness (QED) is 0.535. The molecule has 0 N–H and O–H groups in total. The summed E-state index contributed by atoms with van der Waals surface area (Å²) in [6, 6.07) is 6.98. The predicted octanol–water partition coefficient (Wildman–Crippen LogP) is 2.19. The van der Waals surface area contributed by atoms with Crippen LogP contribution in [0.5, 0.6) is 0 Å². The molecule has 1 aromatic carbocycles. The van der Waals surface area contributed by atoms with Gasteiger partial charge in [-0.15, -0.1) is 6.42 Å². The van der Waals surface area contributed by atoms with E-state index >= 15 is 0 Å². The van der Waals surface area contributed by atoms with Gasteiger partial charge in [0.2, 0.25) is 0 Å². The summed E-state index contributed by atoms with van der Waals surface area (Å²) in [5.41, 5.74) is 0.979. The molecular weight excluding hydrogens is 158 g/mol. The van der Waals surface area contributed by atoms with Crippen LogP contribution in [-0.2, 0) is 0 Å². The summed E-state index contributed by atoms with van der Waals surface area (Å²) in [4.78, 5) is 0. The molecule has 0 radical (unpaired) electrons. The first kappa shape index (κ1) is 7.66. The fraction of sp³-hybridized carbons (Fsp3) is 0. The maximum Gasteiger partial charge on any atom is 0.101 e. The van der Waals surface area contributed by atoms with Gasteiger partial charge in [0.25, 0.3) is 0 Å². The molecule has 2 heteroatoms. The van der Waals surface area contributed by atoms with Crippen molar-refractivity contribution in [3.05, 3.63) is 34.3 Å². The maximum atomic E-state index is 8.54. The molecule has 0 aromatic heterocycles. The van der Waals surface area contributed by atoms with E-state index in [9.17, 15) is 0 Å². The van der Waals surface area contributed by atoms with E-state index < -0.39 is 0 Å². The van der Waals surface area contributed by atoms with Crippen LogP contribution in [0.2, 0.25) is 5.02 Å². The van der Waals surface area contributed by atoms with Crippen LogP contribution in [0.1, 0.15) is 11.1 Å². The van der Waals surface area contributed by atoms with Crippen molar-refractivity contribution in [3.8, 4) is 18.4 Å². The molecular formula is C9H4ClN. The Balaban J connectivity index is 3.38. The van der Waals surface area contributed by atoms with Gasteiger partial charge in [0, 0.05) is 5.56 Å². The van der Waals surface area contributed by atoms with Crippen molar-refractivity contribution >= 4 is 11.6 Å². The minimum atomic E-state index is 0.359. The summed E-state index contributed by atoms with van der Waals surface area (Å²) in [5.74, 6) is 2.39. The number of halogens is 1. The Morgan fingerprint density at radius 3 is 2.55 bits per heavy atom. The molecule has 0 aliphatic rings. The lowest BCUT2D eigenvalue weighted by molar-refractivity contribution is 1.48. The summed E-state index contributed by atoms with van der Waals surface area (Å²) in [7, 11) is 0. The first-order chi connectivity index (χ1) is 5.29. The van der Waals surface area contributed by atoms with E-state index in [1.54, 1.807) is 18.2 Å². The van der Waals surface area contributed by atoms with Gasteiger partial charge < -0.3 is 0 Å². The van der Waals surface area contributed by atoms with Crippen molar-refractivity contribution in [1.29, 1.82) is 5.26 Å². The van der Waals surface area contributed by atoms with Gasteiger partial charge >= 0.3 is 0 Å². The van der Waals surface area contributed by atoms with Gasteiger partial charge in [-0.25, -0.2) is 0 Å². The van der Waals surface area contributed by atoms with Gasteiger partial charge in [-0.1, -0.05) is 23.6 Å². The number of nitriles is 1. The average molecular weight is 162 g/mol. The zero-order chi connectivity index (χ0) is 8.27. The van der Waals surface area contributed by atoms with Gasteiger partial charge in [-0.3, -0.25) is 0 Å². The van der Waals surface area contributed by atoms with Gasteiger partial charge in [0.1, 0.15) is 6.07 Å². The minimum absolute atomic E-state index is 0.359. The molecule has 0 saturated carbocycles. The van der Waals surface area contributed by atoms with Crippen molar-refractivity contribution in [3.63, 3.8) is 0 Å². The molecule has 1 rings (SSSR count). The highest BCUT2D eigenvalue weighted by Crippen LogP contribution is 2.18. The zero-order valence-electron chi connectivity index (χ0n) is 5.63. The Hall–Kier alpha value is -1.44. The Morgan fingerprint density at radius 1 is 1.36 bits per heavy atom. The SMILES string of the molecule is C#Cc1cccc(C#N)c1Cl. The van der Waals surface area contributed by atoms with E-state index in [2.05, 4.69) is 5.92 Å². The van der Waals surface area contributed by atoms with Gasteiger partial charge in [0.05, 0.1) is 10.6 Å². The van der Waals surface area contributed by atoms with E-state index in [0.717, 1.165) is 0 Å². The lowest BCUT2D eigenvalue weighted by atomic mass is 10.1. The van der Waals surface area contributed by atoms with Crippen molar-refractivity contribution in [2.75, 3.05) is 0 Å². The standard InChI is InChI=1S/C9H4ClN/c1-2-7-4-3-5-8(6-11)9(7)10/h1,3-5H. The molecule has 0 saturated heterocycles. The lowest BCUT2D eigenvalue weighted by Crippen LogP contribution is -1.80. The zero-order valence-corrected chi connectivity index (χ0v) is 6.39. The Bertz CT molecular complexity index is 323. The van der Waals surface area contributed by atoms with Crippen molar-refractivity contribution in [1.82, 2.24) is 0 Å². The molecule has 1 aromatic rings. The minimum Gasteiger partial charge on any atom is -0.192 e. The number of rotatable bonds is 0. The number of terminal acetylenes is 1. The van der Waals surface area contributed by atoms with Gasteiger partial charge in [-0.2, -0.15) is 5.26 Å². The van der Waals surface area contributed by atoms with E-state index in [1.165, 1.54) is 0 Å². The number of nitrogens with zero attached hydrogens (tertiary/aromatic N) is 1. The second-order valence-electron chi connectivity index (χ2n) is 1.92. The van der Waals surface area contributed by atoms with E-state index in [4.69, 9.17) is 23.3 Å². The van der Waals surface area contributed by atoms with Crippen LogP contribution in [0.25, 0.3) is 0 Å². The van der Waals surface area contributed by atoms with E-state index in [1.807, 2.05) is 6.07 Å². The maximum absolute atomic E-state index is 8.54.